The monoisotopic (exact) mass is 1880 g/mol. The second kappa shape index (κ2) is 43.1. The van der Waals surface area contributed by atoms with E-state index in [0.717, 1.165) is 84.7 Å². The molecule has 0 fully saturated rings. The first-order chi connectivity index (χ1) is 67.1. The van der Waals surface area contributed by atoms with Crippen LogP contribution in [-0.2, 0) is 56.7 Å². The molecule has 0 aliphatic carbocycles. The van der Waals surface area contributed by atoms with Gasteiger partial charge in [0.15, 0.2) is 85.8 Å². The Kier molecular flexibility index (Phi) is 29.6. The van der Waals surface area contributed by atoms with E-state index in [1.165, 1.54) is 53.6 Å². The summed E-state index contributed by atoms with van der Waals surface area (Å²) in [5.41, 5.74) is 17.0. The maximum absolute atomic E-state index is 12.7. The number of rotatable bonds is 10. The van der Waals surface area contributed by atoms with E-state index in [9.17, 15) is 24.0 Å². The first-order valence-electron chi connectivity index (χ1n) is 44.1. The van der Waals surface area contributed by atoms with Gasteiger partial charge in [0.1, 0.15) is 28.7 Å². The number of methoxy groups -OCH3 is 5. The predicted molar refractivity (Wildman–Crippen MR) is 518 cm³/mol. The van der Waals surface area contributed by atoms with Gasteiger partial charge in [-0.25, -0.2) is 47.5 Å². The minimum absolute atomic E-state index is 0.152. The molecule has 138 heavy (non-hydrogen) atoms. The van der Waals surface area contributed by atoms with Gasteiger partial charge < -0.3 is 127 Å². The molecular formula is C93H106N30O15. The summed E-state index contributed by atoms with van der Waals surface area (Å²) in [4.78, 5) is 84.7. The summed E-state index contributed by atoms with van der Waals surface area (Å²) in [6.07, 6.45) is 7.42. The molecule has 18 bridgehead atoms. The van der Waals surface area contributed by atoms with Gasteiger partial charge in [-0.2, -0.15) is 0 Å². The van der Waals surface area contributed by atoms with E-state index in [1.807, 2.05) is 142 Å². The van der Waals surface area contributed by atoms with Crippen LogP contribution < -0.4 is 103 Å². The zero-order chi connectivity index (χ0) is 96.6. The van der Waals surface area contributed by atoms with Gasteiger partial charge in [0.25, 0.3) is 29.5 Å². The van der Waals surface area contributed by atoms with Crippen molar-refractivity contribution in [1.82, 2.24) is 99.6 Å². The van der Waals surface area contributed by atoms with Gasteiger partial charge in [-0.3, -0.25) is 24.0 Å². The van der Waals surface area contributed by atoms with Gasteiger partial charge in [-0.05, 0) is 97.6 Å². The average molecular weight is 1880 g/mol. The number of anilines is 15. The Morgan fingerprint density at radius 3 is 0.978 bits per heavy atom. The molecule has 45 heteroatoms. The van der Waals surface area contributed by atoms with Crippen molar-refractivity contribution < 1.29 is 71.3 Å². The van der Waals surface area contributed by atoms with Crippen molar-refractivity contribution in [2.75, 3.05) is 170 Å². The molecule has 10 aromatic heterocycles. The number of aromatic nitrogens is 15. The maximum Gasteiger partial charge on any atom is 0.271 e. The molecule has 5 aliphatic rings. The summed E-state index contributed by atoms with van der Waals surface area (Å²) in [5.74, 6) is 4.84. The SMILES string of the molecule is CNc1cc2nn3c(cnc13)C(=O)NC(C)COCc1ccc(OC)c(c1)N2.CNc1cc2nn3c(cnc13)C(=O)NCC(C)OCc1ccc(OC)c(c1)N2.CNc1cc2nn3c(cnc13)C(=O)NCCOCc1ccc(OC)c(c1)N2.CNc1cc2nn3c(cnc13)C(=O)NCCOCc1cccc(OC)c1N2.CNc1cc2nn3c(cnc13)C(=O)N[C@H](C)COCc1ccc(OC)c(c1)N2. The number of benzene rings is 5. The van der Waals surface area contributed by atoms with Gasteiger partial charge in [0.2, 0.25) is 0 Å². The van der Waals surface area contributed by atoms with Crippen molar-refractivity contribution in [1.29, 1.82) is 0 Å². The van der Waals surface area contributed by atoms with Crippen molar-refractivity contribution in [2.24, 2.45) is 0 Å². The van der Waals surface area contributed by atoms with Crippen molar-refractivity contribution in [3.8, 4) is 28.7 Å². The minimum Gasteiger partial charge on any atom is -0.495 e. The highest BCUT2D eigenvalue weighted by Gasteiger charge is 2.28. The van der Waals surface area contributed by atoms with E-state index >= 15 is 0 Å². The van der Waals surface area contributed by atoms with Crippen molar-refractivity contribution in [3.05, 3.63) is 209 Å². The number of nitrogens with one attached hydrogen (secondary N) is 15. The van der Waals surface area contributed by atoms with Gasteiger partial charge >= 0.3 is 0 Å². The third-order valence-corrected chi connectivity index (χ3v) is 22.2. The molecular weight excluding hydrogens is 1780 g/mol. The number of amides is 5. The fraction of sp³-hybridized carbons (Fsp3) is 0.301. The summed E-state index contributed by atoms with van der Waals surface area (Å²) in [6, 6.07) is 37.8. The van der Waals surface area contributed by atoms with E-state index in [1.54, 1.807) is 70.8 Å². The lowest BCUT2D eigenvalue weighted by atomic mass is 10.1. The second-order valence-corrected chi connectivity index (χ2v) is 31.8. The molecule has 0 saturated carbocycles. The third-order valence-electron chi connectivity index (χ3n) is 22.2. The van der Waals surface area contributed by atoms with Crippen LogP contribution in [0.25, 0.3) is 28.2 Å². The zero-order valence-corrected chi connectivity index (χ0v) is 78.0. The quantitative estimate of drug-likeness (QED) is 0.0605. The highest BCUT2D eigenvalue weighted by Crippen LogP contribution is 2.38. The van der Waals surface area contributed by atoms with Crippen molar-refractivity contribution >= 4 is 144 Å². The molecule has 15 N–H and O–H groups in total. The average Bonchev–Trinajstić information content (AvgIpc) is 1.56. The number of nitrogens with zero attached hydrogens (tertiary/aromatic N) is 15. The lowest BCUT2D eigenvalue weighted by Gasteiger charge is -2.17. The lowest BCUT2D eigenvalue weighted by molar-refractivity contribution is 0.0508. The first-order valence-corrected chi connectivity index (χ1v) is 44.1. The summed E-state index contributed by atoms with van der Waals surface area (Å²) in [6.45, 7) is 10.5. The second-order valence-electron chi connectivity index (χ2n) is 31.8. The van der Waals surface area contributed by atoms with Gasteiger partial charge in [-0.1, -0.05) is 36.4 Å². The highest BCUT2D eigenvalue weighted by molar-refractivity contribution is 5.98. The molecule has 20 rings (SSSR count). The Hall–Kier alpha value is -16.7. The first kappa shape index (κ1) is 94.5. The number of imidazole rings is 5. The fourth-order valence-electron chi connectivity index (χ4n) is 15.3. The number of carbonyl (C=O) groups excluding carboxylic acids is 5. The Morgan fingerprint density at radius 2 is 0.645 bits per heavy atom. The van der Waals surface area contributed by atoms with E-state index in [2.05, 4.69) is 130 Å². The Bertz CT molecular complexity index is 6830. The van der Waals surface area contributed by atoms with Crippen LogP contribution in [0.1, 0.15) is 101 Å². The molecule has 45 nitrogen and oxygen atoms in total. The van der Waals surface area contributed by atoms with Gasteiger partial charge in [0, 0.05) is 103 Å². The number of hydrogen-bond donors (Lipinski definition) is 15. The molecule has 2 unspecified atom stereocenters. The molecule has 3 atom stereocenters. The molecule has 0 spiro atoms. The van der Waals surface area contributed by atoms with Crippen LogP contribution in [0.15, 0.2) is 152 Å². The van der Waals surface area contributed by atoms with E-state index < -0.39 is 0 Å². The van der Waals surface area contributed by atoms with E-state index in [0.29, 0.717) is 194 Å². The normalized spacial score (nSPS) is 15.9. The number of para-hydroxylation sites is 1. The predicted octanol–water partition coefficient (Wildman–Crippen LogP) is 10.1. The zero-order valence-electron chi connectivity index (χ0n) is 78.0. The lowest BCUT2D eigenvalue weighted by Crippen LogP contribution is -2.36. The summed E-state index contributed by atoms with van der Waals surface area (Å²) in [7, 11) is 17.1. The number of carbonyl (C=O) groups is 5. The Balaban J connectivity index is 0.000000125. The molecule has 15 heterocycles. The number of ether oxygens (including phenoxy) is 10. The third kappa shape index (κ3) is 21.3. The van der Waals surface area contributed by atoms with Crippen molar-refractivity contribution in [2.45, 2.75) is 72.0 Å². The van der Waals surface area contributed by atoms with Crippen LogP contribution in [0.2, 0.25) is 0 Å². The molecule has 15 aromatic rings. The Morgan fingerprint density at radius 1 is 0.341 bits per heavy atom. The molecule has 0 saturated heterocycles. The fourth-order valence-corrected chi connectivity index (χ4v) is 15.3. The van der Waals surface area contributed by atoms with Crippen LogP contribution in [-0.4, -0.2) is 238 Å². The maximum atomic E-state index is 12.7. The topological polar surface area (TPSA) is 509 Å². The summed E-state index contributed by atoms with van der Waals surface area (Å²) in [5, 5.41) is 69.1. The summed E-state index contributed by atoms with van der Waals surface area (Å²) >= 11 is 0. The number of hydrogen-bond acceptors (Lipinski definition) is 35. The molecule has 0 radical (unpaired) electrons. The molecule has 718 valence electrons. The van der Waals surface area contributed by atoms with Crippen LogP contribution in [0.4, 0.5) is 86.0 Å². The molecule has 5 amide bonds. The van der Waals surface area contributed by atoms with Gasteiger partial charge in [-0.15, -0.1) is 25.5 Å². The van der Waals surface area contributed by atoms with Gasteiger partial charge in [0.05, 0.1) is 189 Å². The standard InChI is InChI=1S/3C19H22N6O3.2C18H20N6O3/c2*1-11-9-28-10-12-4-5-16(27-3)13(6-12)23-17-7-14(20-2)18-21-8-15(19(26)22-11)25(18)24-17;1-11-8-22-19(26)15-9-21-18-14(20-2)7-17(24-25(15)18)23-13-6-12(10-28-11)4-5-16(13)27-3;1-19-13-8-16-22-12-7-11(3-4-15(12)26-2)10-27-6-5-20-18(25)14-9-21-17(13)24(14)23-16;1-19-12-8-15-22-16-11(4-3-5-14(16)26-2)10-27-7-6-20-18(25)13-9-21-17(12)24(13)23-15/h2*4-8,11,20H,9-10H2,1-3H3,(H,22,26)(H,23,24);4-7,9,11,20H,8,10H2,1-3H3,(H,22,26)(H,23,24);3-4,7-9,19H,5-6,10H2,1-2H3,(H,20,25)(H,22,23);3-5,8-9,19H,6-7,10H2,1-2H3,(H,20,25)(H,22,23)/t11-;;;;/m1..../s1. The van der Waals surface area contributed by atoms with Crippen LogP contribution in [0.5, 0.6) is 28.7 Å². The van der Waals surface area contributed by atoms with Crippen molar-refractivity contribution in [3.63, 3.8) is 0 Å². The minimum atomic E-state index is -0.261. The van der Waals surface area contributed by atoms with Crippen LogP contribution in [0, 0.1) is 0 Å². The van der Waals surface area contributed by atoms with Crippen LogP contribution >= 0.6 is 0 Å². The molecule has 5 aromatic carbocycles. The summed E-state index contributed by atoms with van der Waals surface area (Å²) < 4.78 is 63.7. The largest absolute Gasteiger partial charge is 0.495 e. The van der Waals surface area contributed by atoms with Crippen LogP contribution in [0.3, 0.4) is 0 Å². The number of fused-ring (bicyclic) bond motifs is 14. The molecule has 5 aliphatic heterocycles. The van der Waals surface area contributed by atoms with E-state index in [4.69, 9.17) is 47.4 Å². The smallest absolute Gasteiger partial charge is 0.271 e. The Labute approximate surface area is 790 Å². The highest BCUT2D eigenvalue weighted by atomic mass is 16.5. The van der Waals surface area contributed by atoms with E-state index in [-0.39, 0.29) is 47.7 Å².